The van der Waals surface area contributed by atoms with Crippen molar-refractivity contribution in [2.24, 2.45) is 5.73 Å². The quantitative estimate of drug-likeness (QED) is 0.650. The van der Waals surface area contributed by atoms with E-state index in [2.05, 4.69) is 10.3 Å². The summed E-state index contributed by atoms with van der Waals surface area (Å²) in [4.78, 5) is 2.12. The zero-order valence-electron chi connectivity index (χ0n) is 7.82. The molecule has 13 heavy (non-hydrogen) atoms. The number of aliphatic hydroxyl groups is 1. The van der Waals surface area contributed by atoms with Crippen LogP contribution in [0.15, 0.2) is 5.38 Å². The molecule has 2 atom stereocenters. The predicted molar refractivity (Wildman–Crippen MR) is 55.3 cm³/mol. The van der Waals surface area contributed by atoms with E-state index < -0.39 is 6.10 Å². The molecule has 4 heteroatoms. The Balaban J connectivity index is 2.50. The van der Waals surface area contributed by atoms with E-state index in [0.717, 1.165) is 22.7 Å². The van der Waals surface area contributed by atoms with E-state index in [4.69, 9.17) is 5.73 Å². The number of hydrogen-bond acceptors (Lipinski definition) is 4. The van der Waals surface area contributed by atoms with Gasteiger partial charge in [-0.2, -0.15) is 0 Å². The average molecular weight is 198 g/mol. The largest absolute Gasteiger partial charge is 0.387 e. The van der Waals surface area contributed by atoms with Crippen molar-refractivity contribution in [3.05, 3.63) is 16.5 Å². The van der Waals surface area contributed by atoms with Crippen molar-refractivity contribution in [2.45, 2.75) is 19.1 Å². The Labute approximate surface area is 81.8 Å². The minimum absolute atomic E-state index is 0.161. The number of thiophene rings is 1. The highest BCUT2D eigenvalue weighted by atomic mass is 32.1. The number of fused-ring (bicyclic) bond motifs is 1. The lowest BCUT2D eigenvalue weighted by Gasteiger charge is -2.33. The van der Waals surface area contributed by atoms with Gasteiger partial charge in [-0.3, -0.25) is 0 Å². The van der Waals surface area contributed by atoms with Crippen molar-refractivity contribution in [1.82, 2.24) is 0 Å². The molecule has 0 radical (unpaired) electrons. The summed E-state index contributed by atoms with van der Waals surface area (Å²) in [5, 5.41) is 13.1. The Bertz CT molecular complexity index is 323. The zero-order chi connectivity index (χ0) is 9.59. The molecule has 3 nitrogen and oxygen atoms in total. The first-order valence-electron chi connectivity index (χ1n) is 4.34. The van der Waals surface area contributed by atoms with Crippen molar-refractivity contribution in [1.29, 1.82) is 0 Å². The van der Waals surface area contributed by atoms with Gasteiger partial charge in [-0.25, -0.2) is 0 Å². The third-order valence-corrected chi connectivity index (χ3v) is 3.76. The van der Waals surface area contributed by atoms with Crippen LogP contribution in [-0.2, 0) is 0 Å². The molecule has 2 unspecified atom stereocenters. The molecule has 3 N–H and O–H groups in total. The van der Waals surface area contributed by atoms with Crippen molar-refractivity contribution in [3.63, 3.8) is 0 Å². The average Bonchev–Trinajstić information content (AvgIpc) is 2.44. The van der Waals surface area contributed by atoms with Crippen LogP contribution in [0.25, 0.3) is 0 Å². The van der Waals surface area contributed by atoms with E-state index in [-0.39, 0.29) is 6.04 Å². The Kier molecular flexibility index (Phi) is 2.06. The molecule has 1 aromatic heterocycles. The summed E-state index contributed by atoms with van der Waals surface area (Å²) in [5.74, 6) is 0. The first kappa shape index (κ1) is 8.99. The zero-order valence-corrected chi connectivity index (χ0v) is 8.64. The summed E-state index contributed by atoms with van der Waals surface area (Å²) in [6.07, 6.45) is -0.488. The van der Waals surface area contributed by atoms with Crippen molar-refractivity contribution in [3.8, 4) is 0 Å². The van der Waals surface area contributed by atoms with E-state index >= 15 is 0 Å². The van der Waals surface area contributed by atoms with Crippen LogP contribution in [0.5, 0.6) is 0 Å². The van der Waals surface area contributed by atoms with Gasteiger partial charge >= 0.3 is 0 Å². The fraction of sp³-hybridized carbons (Fsp3) is 0.556. The van der Waals surface area contributed by atoms with Crippen LogP contribution in [0.3, 0.4) is 0 Å². The SMILES string of the molecule is Cc1csc2c1C(O)C(N)CN2C. The normalized spacial score (nSPS) is 27.5. The lowest BCUT2D eigenvalue weighted by Crippen LogP contribution is -2.43. The fourth-order valence-corrected chi connectivity index (χ4v) is 2.89. The standard InChI is InChI=1S/C9H14N2OS/c1-5-4-13-9-7(5)8(12)6(10)3-11(9)2/h4,6,8,12H,3,10H2,1-2H3. The molecule has 0 aromatic carbocycles. The summed E-state index contributed by atoms with van der Waals surface area (Å²) in [7, 11) is 2.01. The number of nitrogens with zero attached hydrogens (tertiary/aromatic N) is 1. The topological polar surface area (TPSA) is 49.5 Å². The van der Waals surface area contributed by atoms with Crippen LogP contribution < -0.4 is 10.6 Å². The van der Waals surface area contributed by atoms with E-state index in [1.54, 1.807) is 11.3 Å². The molecule has 0 saturated heterocycles. The second-order valence-electron chi connectivity index (χ2n) is 3.63. The highest BCUT2D eigenvalue weighted by Crippen LogP contribution is 2.39. The molecule has 72 valence electrons. The third kappa shape index (κ3) is 1.25. The van der Waals surface area contributed by atoms with Gasteiger partial charge in [-0.1, -0.05) is 0 Å². The Morgan fingerprint density at radius 2 is 2.38 bits per heavy atom. The van der Waals surface area contributed by atoms with Gasteiger partial charge in [-0.15, -0.1) is 11.3 Å². The number of likely N-dealkylation sites (N-methyl/N-ethyl adjacent to an activating group) is 1. The number of hydrogen-bond donors (Lipinski definition) is 2. The van der Waals surface area contributed by atoms with Gasteiger partial charge in [0.2, 0.25) is 0 Å². The molecule has 0 amide bonds. The van der Waals surface area contributed by atoms with E-state index in [9.17, 15) is 5.11 Å². The molecule has 1 aliphatic heterocycles. The summed E-state index contributed by atoms with van der Waals surface area (Å²) in [5.41, 5.74) is 7.99. The summed E-state index contributed by atoms with van der Waals surface area (Å²) < 4.78 is 0. The second kappa shape index (κ2) is 2.97. The van der Waals surface area contributed by atoms with Crippen LogP contribution in [0.4, 0.5) is 5.00 Å². The van der Waals surface area contributed by atoms with Crippen LogP contribution in [0.2, 0.25) is 0 Å². The van der Waals surface area contributed by atoms with Gasteiger partial charge in [0.25, 0.3) is 0 Å². The minimum Gasteiger partial charge on any atom is -0.387 e. The lowest BCUT2D eigenvalue weighted by atomic mass is 9.98. The van der Waals surface area contributed by atoms with Crippen LogP contribution in [0, 0.1) is 6.92 Å². The molecule has 0 spiro atoms. The van der Waals surface area contributed by atoms with E-state index in [1.807, 2.05) is 14.0 Å². The molecule has 1 aromatic rings. The third-order valence-electron chi connectivity index (χ3n) is 2.54. The maximum absolute atomic E-state index is 9.87. The number of aliphatic hydroxyl groups excluding tert-OH is 1. The molecule has 0 bridgehead atoms. The number of anilines is 1. The molecule has 0 fully saturated rings. The van der Waals surface area contributed by atoms with Crippen molar-refractivity contribution >= 4 is 16.3 Å². The Morgan fingerprint density at radius 1 is 1.69 bits per heavy atom. The highest BCUT2D eigenvalue weighted by molar-refractivity contribution is 7.14. The smallest absolute Gasteiger partial charge is 0.0989 e. The number of rotatable bonds is 0. The lowest BCUT2D eigenvalue weighted by molar-refractivity contribution is 0.143. The maximum Gasteiger partial charge on any atom is 0.0989 e. The van der Waals surface area contributed by atoms with E-state index in [1.165, 1.54) is 0 Å². The first-order valence-corrected chi connectivity index (χ1v) is 5.22. The van der Waals surface area contributed by atoms with Gasteiger partial charge in [-0.05, 0) is 17.9 Å². The van der Waals surface area contributed by atoms with Crippen LogP contribution in [-0.4, -0.2) is 24.7 Å². The molecule has 1 aliphatic rings. The van der Waals surface area contributed by atoms with Gasteiger partial charge in [0.1, 0.15) is 0 Å². The Hall–Kier alpha value is -0.580. The summed E-state index contributed by atoms with van der Waals surface area (Å²) in [6, 6.07) is -0.161. The number of aryl methyl sites for hydroxylation is 1. The maximum atomic E-state index is 9.87. The summed E-state index contributed by atoms with van der Waals surface area (Å²) in [6.45, 7) is 2.75. The minimum atomic E-state index is -0.488. The molecular formula is C9H14N2OS. The molecule has 2 rings (SSSR count). The fourth-order valence-electron chi connectivity index (χ4n) is 1.81. The van der Waals surface area contributed by atoms with Gasteiger partial charge < -0.3 is 15.7 Å². The van der Waals surface area contributed by atoms with Crippen LogP contribution in [0.1, 0.15) is 17.2 Å². The first-order chi connectivity index (χ1) is 6.11. The monoisotopic (exact) mass is 198 g/mol. The van der Waals surface area contributed by atoms with Gasteiger partial charge in [0.15, 0.2) is 0 Å². The van der Waals surface area contributed by atoms with Gasteiger partial charge in [0.05, 0.1) is 17.1 Å². The molecule has 0 saturated carbocycles. The predicted octanol–water partition coefficient (Wildman–Crippen LogP) is 0.867. The van der Waals surface area contributed by atoms with Crippen LogP contribution >= 0.6 is 11.3 Å². The molecule has 0 aliphatic carbocycles. The van der Waals surface area contributed by atoms with Crippen molar-refractivity contribution in [2.75, 3.05) is 18.5 Å². The van der Waals surface area contributed by atoms with Crippen molar-refractivity contribution < 1.29 is 5.11 Å². The highest BCUT2D eigenvalue weighted by Gasteiger charge is 2.30. The summed E-state index contributed by atoms with van der Waals surface area (Å²) >= 11 is 1.68. The molecular weight excluding hydrogens is 184 g/mol. The van der Waals surface area contributed by atoms with E-state index in [0.29, 0.717) is 0 Å². The Morgan fingerprint density at radius 3 is 3.08 bits per heavy atom. The molecule has 2 heterocycles. The van der Waals surface area contributed by atoms with Gasteiger partial charge in [0, 0.05) is 19.2 Å². The second-order valence-corrected chi connectivity index (χ2v) is 4.48. The number of nitrogens with two attached hydrogens (primary N) is 1.